The van der Waals surface area contributed by atoms with Gasteiger partial charge in [-0.05, 0) is 49.3 Å². The normalized spacial score (nSPS) is 28.3. The SMILES string of the molecule is CCNC(c1cnn(-c2ccccc2)c1)C1C2CCCC21. The molecule has 110 valence electrons. The molecule has 2 aliphatic carbocycles. The van der Waals surface area contributed by atoms with Crippen molar-refractivity contribution >= 4 is 0 Å². The molecule has 0 radical (unpaired) electrons. The van der Waals surface area contributed by atoms with E-state index in [0.717, 1.165) is 30.0 Å². The van der Waals surface area contributed by atoms with Crippen molar-refractivity contribution in [2.24, 2.45) is 17.8 Å². The third-order valence-electron chi connectivity index (χ3n) is 5.26. The van der Waals surface area contributed by atoms with E-state index in [1.807, 2.05) is 16.9 Å². The summed E-state index contributed by atoms with van der Waals surface area (Å²) in [4.78, 5) is 0. The van der Waals surface area contributed by atoms with Crippen LogP contribution in [0.2, 0.25) is 0 Å². The van der Waals surface area contributed by atoms with E-state index in [1.54, 1.807) is 0 Å². The van der Waals surface area contributed by atoms with Crippen molar-refractivity contribution in [2.45, 2.75) is 32.2 Å². The number of hydrogen-bond donors (Lipinski definition) is 1. The Kier molecular flexibility index (Phi) is 3.30. The maximum atomic E-state index is 4.57. The molecule has 2 aromatic rings. The van der Waals surface area contributed by atoms with Gasteiger partial charge in [-0.15, -0.1) is 0 Å². The first-order chi connectivity index (χ1) is 10.4. The van der Waals surface area contributed by atoms with Crippen LogP contribution in [0.3, 0.4) is 0 Å². The summed E-state index contributed by atoms with van der Waals surface area (Å²) < 4.78 is 2.00. The summed E-state index contributed by atoms with van der Waals surface area (Å²) in [6.45, 7) is 3.23. The Morgan fingerprint density at radius 2 is 2.00 bits per heavy atom. The summed E-state index contributed by atoms with van der Waals surface area (Å²) in [7, 11) is 0. The van der Waals surface area contributed by atoms with Crippen molar-refractivity contribution in [1.29, 1.82) is 0 Å². The van der Waals surface area contributed by atoms with Gasteiger partial charge in [-0.1, -0.05) is 31.5 Å². The van der Waals surface area contributed by atoms with Gasteiger partial charge in [-0.3, -0.25) is 0 Å². The molecule has 1 aromatic heterocycles. The predicted octanol–water partition coefficient (Wildman–Crippen LogP) is 3.57. The van der Waals surface area contributed by atoms with Crippen LogP contribution in [0.25, 0.3) is 5.69 Å². The topological polar surface area (TPSA) is 29.9 Å². The Balaban J connectivity index is 1.58. The first-order valence-corrected chi connectivity index (χ1v) is 8.22. The number of nitrogens with one attached hydrogen (secondary N) is 1. The van der Waals surface area contributed by atoms with E-state index in [2.05, 4.69) is 47.8 Å². The summed E-state index contributed by atoms with van der Waals surface area (Å²) >= 11 is 0. The summed E-state index contributed by atoms with van der Waals surface area (Å²) in [6.07, 6.45) is 8.56. The van der Waals surface area contributed by atoms with Gasteiger partial charge >= 0.3 is 0 Å². The lowest BCUT2D eigenvalue weighted by Crippen LogP contribution is -2.24. The highest BCUT2D eigenvalue weighted by Crippen LogP contribution is 2.62. The molecule has 1 heterocycles. The number of nitrogens with zero attached hydrogens (tertiary/aromatic N) is 2. The third kappa shape index (κ3) is 2.30. The molecule has 0 amide bonds. The zero-order chi connectivity index (χ0) is 14.2. The van der Waals surface area contributed by atoms with Gasteiger partial charge in [0.05, 0.1) is 11.9 Å². The minimum Gasteiger partial charge on any atom is -0.310 e. The molecule has 1 aromatic carbocycles. The molecule has 3 unspecified atom stereocenters. The van der Waals surface area contributed by atoms with Crippen molar-refractivity contribution in [3.63, 3.8) is 0 Å². The Morgan fingerprint density at radius 3 is 2.71 bits per heavy atom. The molecule has 1 N–H and O–H groups in total. The van der Waals surface area contributed by atoms with Gasteiger partial charge in [0.25, 0.3) is 0 Å². The third-order valence-corrected chi connectivity index (χ3v) is 5.26. The van der Waals surface area contributed by atoms with Crippen LogP contribution >= 0.6 is 0 Å². The number of aromatic nitrogens is 2. The summed E-state index contributed by atoms with van der Waals surface area (Å²) in [5.41, 5.74) is 2.48. The Hall–Kier alpha value is -1.61. The van der Waals surface area contributed by atoms with Crippen LogP contribution in [-0.4, -0.2) is 16.3 Å². The van der Waals surface area contributed by atoms with E-state index in [9.17, 15) is 0 Å². The van der Waals surface area contributed by atoms with E-state index in [4.69, 9.17) is 0 Å². The van der Waals surface area contributed by atoms with E-state index < -0.39 is 0 Å². The number of rotatable bonds is 5. The van der Waals surface area contributed by atoms with Crippen LogP contribution in [-0.2, 0) is 0 Å². The van der Waals surface area contributed by atoms with Gasteiger partial charge in [0.1, 0.15) is 0 Å². The molecule has 3 heteroatoms. The lowest BCUT2D eigenvalue weighted by Gasteiger charge is -2.18. The van der Waals surface area contributed by atoms with Crippen LogP contribution in [0.1, 0.15) is 37.8 Å². The molecule has 2 fully saturated rings. The van der Waals surface area contributed by atoms with Crippen LogP contribution in [0.4, 0.5) is 0 Å². The zero-order valence-corrected chi connectivity index (χ0v) is 12.6. The lowest BCUT2D eigenvalue weighted by molar-refractivity contribution is 0.426. The van der Waals surface area contributed by atoms with Crippen molar-refractivity contribution < 1.29 is 0 Å². The average Bonchev–Trinajstić information content (AvgIpc) is 2.91. The number of fused-ring (bicyclic) bond motifs is 1. The van der Waals surface area contributed by atoms with Crippen LogP contribution in [0.5, 0.6) is 0 Å². The Morgan fingerprint density at radius 1 is 1.24 bits per heavy atom. The van der Waals surface area contributed by atoms with Gasteiger partial charge in [-0.2, -0.15) is 5.10 Å². The van der Waals surface area contributed by atoms with E-state index in [-0.39, 0.29) is 0 Å². The van der Waals surface area contributed by atoms with Gasteiger partial charge in [0, 0.05) is 17.8 Å². The van der Waals surface area contributed by atoms with E-state index in [1.165, 1.54) is 24.8 Å². The Labute approximate surface area is 126 Å². The molecule has 0 aliphatic heterocycles. The molecule has 3 atom stereocenters. The first-order valence-electron chi connectivity index (χ1n) is 8.22. The quantitative estimate of drug-likeness (QED) is 0.908. The van der Waals surface area contributed by atoms with E-state index in [0.29, 0.717) is 6.04 Å². The minimum atomic E-state index is 0.489. The van der Waals surface area contributed by atoms with Crippen molar-refractivity contribution in [2.75, 3.05) is 6.54 Å². The summed E-state index contributed by atoms with van der Waals surface area (Å²) in [5.74, 6) is 2.77. The molecular weight excluding hydrogens is 258 g/mol. The lowest BCUT2D eigenvalue weighted by atomic mass is 9.99. The second-order valence-electron chi connectivity index (χ2n) is 6.43. The summed E-state index contributed by atoms with van der Waals surface area (Å²) in [5, 5.41) is 8.27. The van der Waals surface area contributed by atoms with Crippen molar-refractivity contribution in [3.05, 3.63) is 48.3 Å². The fraction of sp³-hybridized carbons (Fsp3) is 0.500. The molecule has 0 bridgehead atoms. The second-order valence-corrected chi connectivity index (χ2v) is 6.43. The highest BCUT2D eigenvalue weighted by atomic mass is 15.3. The summed E-state index contributed by atoms with van der Waals surface area (Å²) in [6, 6.07) is 10.9. The van der Waals surface area contributed by atoms with Gasteiger partial charge in [-0.25, -0.2) is 4.68 Å². The Bertz CT molecular complexity index is 594. The van der Waals surface area contributed by atoms with Crippen LogP contribution in [0.15, 0.2) is 42.7 Å². The highest BCUT2D eigenvalue weighted by molar-refractivity contribution is 5.32. The molecule has 3 nitrogen and oxygen atoms in total. The fourth-order valence-electron chi connectivity index (χ4n) is 4.29. The number of para-hydroxylation sites is 1. The smallest absolute Gasteiger partial charge is 0.0645 e. The largest absolute Gasteiger partial charge is 0.310 e. The highest BCUT2D eigenvalue weighted by Gasteiger charge is 2.56. The van der Waals surface area contributed by atoms with Gasteiger partial charge in [0.15, 0.2) is 0 Å². The standard InChI is InChI=1S/C18H23N3/c1-2-19-18(17-15-9-6-10-16(15)17)13-11-20-21(12-13)14-7-4-3-5-8-14/h3-5,7-8,11-12,15-19H,2,6,9-10H2,1H3. The molecule has 4 rings (SSSR count). The van der Waals surface area contributed by atoms with E-state index >= 15 is 0 Å². The molecule has 0 spiro atoms. The van der Waals surface area contributed by atoms with Gasteiger partial charge in [0.2, 0.25) is 0 Å². The number of benzene rings is 1. The first kappa shape index (κ1) is 13.1. The monoisotopic (exact) mass is 281 g/mol. The fourth-order valence-corrected chi connectivity index (χ4v) is 4.29. The second kappa shape index (κ2) is 5.30. The predicted molar refractivity (Wildman–Crippen MR) is 84.3 cm³/mol. The minimum absolute atomic E-state index is 0.489. The molecule has 2 aliphatic rings. The average molecular weight is 281 g/mol. The van der Waals surface area contributed by atoms with Crippen molar-refractivity contribution in [3.8, 4) is 5.69 Å². The zero-order valence-electron chi connectivity index (χ0n) is 12.6. The maximum absolute atomic E-state index is 4.57. The van der Waals surface area contributed by atoms with Gasteiger partial charge < -0.3 is 5.32 Å². The maximum Gasteiger partial charge on any atom is 0.0645 e. The number of hydrogen-bond acceptors (Lipinski definition) is 2. The van der Waals surface area contributed by atoms with Crippen molar-refractivity contribution in [1.82, 2.24) is 15.1 Å². The molecule has 21 heavy (non-hydrogen) atoms. The molecule has 0 saturated heterocycles. The molecule has 2 saturated carbocycles. The van der Waals surface area contributed by atoms with Crippen LogP contribution < -0.4 is 5.32 Å². The van der Waals surface area contributed by atoms with Crippen LogP contribution in [0, 0.1) is 17.8 Å². The molecular formula is C18H23N3.